The van der Waals surface area contributed by atoms with E-state index in [4.69, 9.17) is 5.26 Å². The Kier molecular flexibility index (Phi) is 4.12. The quantitative estimate of drug-likeness (QED) is 0.551. The SMILES string of the molecule is CCCCSc1ncc(C#N)s1. The van der Waals surface area contributed by atoms with Crippen LogP contribution >= 0.6 is 23.1 Å². The number of hydrogen-bond donors (Lipinski definition) is 0. The van der Waals surface area contributed by atoms with Crippen LogP contribution in [0.5, 0.6) is 0 Å². The summed E-state index contributed by atoms with van der Waals surface area (Å²) in [4.78, 5) is 4.82. The molecule has 1 rings (SSSR count). The highest BCUT2D eigenvalue weighted by Gasteiger charge is 2.00. The molecule has 0 aliphatic rings. The highest BCUT2D eigenvalue weighted by molar-refractivity contribution is 8.01. The Morgan fingerprint density at radius 3 is 3.17 bits per heavy atom. The molecule has 0 fully saturated rings. The normalized spacial score (nSPS) is 9.67. The van der Waals surface area contributed by atoms with Gasteiger partial charge in [0.1, 0.15) is 10.9 Å². The van der Waals surface area contributed by atoms with Crippen molar-refractivity contribution in [3.63, 3.8) is 0 Å². The number of thioether (sulfide) groups is 1. The Labute approximate surface area is 80.6 Å². The van der Waals surface area contributed by atoms with Crippen LogP contribution in [0.25, 0.3) is 0 Å². The van der Waals surface area contributed by atoms with Crippen molar-refractivity contribution < 1.29 is 0 Å². The van der Waals surface area contributed by atoms with E-state index in [1.165, 1.54) is 24.2 Å². The zero-order valence-electron chi connectivity index (χ0n) is 6.91. The fourth-order valence-corrected chi connectivity index (χ4v) is 2.61. The third-order valence-corrected chi connectivity index (χ3v) is 3.46. The summed E-state index contributed by atoms with van der Waals surface area (Å²) in [5.41, 5.74) is 0. The average molecular weight is 198 g/mol. The predicted octanol–water partition coefficient (Wildman–Crippen LogP) is 2.91. The van der Waals surface area contributed by atoms with Gasteiger partial charge in [0.25, 0.3) is 0 Å². The number of rotatable bonds is 4. The van der Waals surface area contributed by atoms with Gasteiger partial charge in [-0.05, 0) is 6.42 Å². The molecule has 0 spiro atoms. The average Bonchev–Trinajstić information content (AvgIpc) is 2.53. The number of unbranched alkanes of at least 4 members (excludes halogenated alkanes) is 1. The van der Waals surface area contributed by atoms with Gasteiger partial charge in [-0.15, -0.1) is 0 Å². The molecular weight excluding hydrogens is 188 g/mol. The molecule has 1 heterocycles. The fraction of sp³-hybridized carbons (Fsp3) is 0.500. The third-order valence-electron chi connectivity index (χ3n) is 1.32. The first kappa shape index (κ1) is 9.56. The van der Waals surface area contributed by atoms with Crippen molar-refractivity contribution in [1.82, 2.24) is 4.98 Å². The molecule has 0 radical (unpaired) electrons. The Hall–Kier alpha value is -0.530. The number of thiazole rings is 1. The maximum atomic E-state index is 8.53. The molecule has 0 saturated carbocycles. The minimum Gasteiger partial charge on any atom is -0.237 e. The molecule has 0 aliphatic carbocycles. The molecule has 0 aromatic carbocycles. The molecule has 0 bridgehead atoms. The standard InChI is InChI=1S/C8H10N2S2/c1-2-3-4-11-8-10-6-7(5-9)12-8/h6H,2-4H2,1H3. The van der Waals surface area contributed by atoms with Crippen LogP contribution in [-0.4, -0.2) is 10.7 Å². The van der Waals surface area contributed by atoms with Gasteiger partial charge in [0.2, 0.25) is 0 Å². The van der Waals surface area contributed by atoms with Gasteiger partial charge in [-0.25, -0.2) is 4.98 Å². The van der Waals surface area contributed by atoms with Gasteiger partial charge in [0.05, 0.1) is 6.20 Å². The van der Waals surface area contributed by atoms with Gasteiger partial charge < -0.3 is 0 Å². The molecule has 0 N–H and O–H groups in total. The van der Waals surface area contributed by atoms with Crippen LogP contribution in [-0.2, 0) is 0 Å². The number of nitrogens with zero attached hydrogens (tertiary/aromatic N) is 2. The Morgan fingerprint density at radius 2 is 2.58 bits per heavy atom. The van der Waals surface area contributed by atoms with E-state index in [0.29, 0.717) is 4.88 Å². The predicted molar refractivity (Wildman–Crippen MR) is 52.5 cm³/mol. The zero-order chi connectivity index (χ0) is 8.81. The van der Waals surface area contributed by atoms with Gasteiger partial charge in [-0.1, -0.05) is 36.4 Å². The summed E-state index contributed by atoms with van der Waals surface area (Å²) < 4.78 is 1.01. The maximum absolute atomic E-state index is 8.53. The van der Waals surface area contributed by atoms with Crippen LogP contribution in [0.1, 0.15) is 24.6 Å². The van der Waals surface area contributed by atoms with Crippen molar-refractivity contribution in [2.75, 3.05) is 5.75 Å². The van der Waals surface area contributed by atoms with E-state index in [1.807, 2.05) is 0 Å². The van der Waals surface area contributed by atoms with Crippen LogP contribution in [0.4, 0.5) is 0 Å². The Balaban J connectivity index is 2.38. The summed E-state index contributed by atoms with van der Waals surface area (Å²) in [6, 6.07) is 2.08. The zero-order valence-corrected chi connectivity index (χ0v) is 8.54. The second-order valence-corrected chi connectivity index (χ2v) is 4.68. The van der Waals surface area contributed by atoms with E-state index in [0.717, 1.165) is 10.1 Å². The summed E-state index contributed by atoms with van der Waals surface area (Å²) in [7, 11) is 0. The Bertz CT molecular complexity index is 275. The van der Waals surface area contributed by atoms with Crippen LogP contribution < -0.4 is 0 Å². The van der Waals surface area contributed by atoms with Crippen LogP contribution in [0, 0.1) is 11.3 Å². The second kappa shape index (κ2) is 5.18. The molecule has 0 amide bonds. The summed E-state index contributed by atoms with van der Waals surface area (Å²) in [6.45, 7) is 2.17. The molecule has 4 heteroatoms. The largest absolute Gasteiger partial charge is 0.237 e. The first-order chi connectivity index (χ1) is 5.86. The minimum absolute atomic E-state index is 0.703. The van der Waals surface area contributed by atoms with Crippen molar-refractivity contribution in [1.29, 1.82) is 5.26 Å². The van der Waals surface area contributed by atoms with E-state index in [9.17, 15) is 0 Å². The minimum atomic E-state index is 0.703. The van der Waals surface area contributed by atoms with Gasteiger partial charge in [0, 0.05) is 5.75 Å². The highest BCUT2D eigenvalue weighted by atomic mass is 32.2. The van der Waals surface area contributed by atoms with Crippen molar-refractivity contribution in [3.05, 3.63) is 11.1 Å². The maximum Gasteiger partial charge on any atom is 0.151 e. The van der Waals surface area contributed by atoms with Crippen molar-refractivity contribution in [3.8, 4) is 6.07 Å². The van der Waals surface area contributed by atoms with E-state index in [1.54, 1.807) is 18.0 Å². The van der Waals surface area contributed by atoms with E-state index in [2.05, 4.69) is 18.0 Å². The summed E-state index contributed by atoms with van der Waals surface area (Å²) in [6.07, 6.45) is 4.06. The lowest BCUT2D eigenvalue weighted by Gasteiger charge is -1.92. The third kappa shape index (κ3) is 2.84. The first-order valence-corrected chi connectivity index (χ1v) is 5.65. The second-order valence-electron chi connectivity index (χ2n) is 2.30. The monoisotopic (exact) mass is 198 g/mol. The van der Waals surface area contributed by atoms with Gasteiger partial charge in [0.15, 0.2) is 4.34 Å². The molecule has 64 valence electrons. The molecular formula is C8H10N2S2. The lowest BCUT2D eigenvalue weighted by atomic mass is 10.4. The molecule has 1 aromatic rings. The smallest absolute Gasteiger partial charge is 0.151 e. The molecule has 0 saturated heterocycles. The van der Waals surface area contributed by atoms with E-state index < -0.39 is 0 Å². The van der Waals surface area contributed by atoms with E-state index >= 15 is 0 Å². The highest BCUT2D eigenvalue weighted by Crippen LogP contribution is 2.24. The van der Waals surface area contributed by atoms with Crippen molar-refractivity contribution in [2.45, 2.75) is 24.1 Å². The van der Waals surface area contributed by atoms with Gasteiger partial charge in [-0.3, -0.25) is 0 Å². The number of nitriles is 1. The lowest BCUT2D eigenvalue weighted by Crippen LogP contribution is -1.75. The summed E-state index contributed by atoms with van der Waals surface area (Å²) in [5, 5.41) is 8.53. The van der Waals surface area contributed by atoms with E-state index in [-0.39, 0.29) is 0 Å². The molecule has 0 atom stereocenters. The topological polar surface area (TPSA) is 36.7 Å². The molecule has 0 aliphatic heterocycles. The Morgan fingerprint density at radius 1 is 1.75 bits per heavy atom. The molecule has 0 unspecified atom stereocenters. The first-order valence-electron chi connectivity index (χ1n) is 3.85. The number of aromatic nitrogens is 1. The van der Waals surface area contributed by atoms with Gasteiger partial charge >= 0.3 is 0 Å². The molecule has 2 nitrogen and oxygen atoms in total. The molecule has 1 aromatic heterocycles. The summed E-state index contributed by atoms with van der Waals surface area (Å²) in [5.74, 6) is 1.11. The summed E-state index contributed by atoms with van der Waals surface area (Å²) >= 11 is 3.21. The number of hydrogen-bond acceptors (Lipinski definition) is 4. The van der Waals surface area contributed by atoms with Crippen molar-refractivity contribution in [2.24, 2.45) is 0 Å². The van der Waals surface area contributed by atoms with Crippen LogP contribution in [0.15, 0.2) is 10.5 Å². The lowest BCUT2D eigenvalue weighted by molar-refractivity contribution is 0.896. The molecule has 12 heavy (non-hydrogen) atoms. The van der Waals surface area contributed by atoms with Crippen molar-refractivity contribution >= 4 is 23.1 Å². The van der Waals surface area contributed by atoms with Crippen LogP contribution in [0.2, 0.25) is 0 Å². The fourth-order valence-electron chi connectivity index (χ4n) is 0.680. The van der Waals surface area contributed by atoms with Crippen LogP contribution in [0.3, 0.4) is 0 Å². The van der Waals surface area contributed by atoms with Gasteiger partial charge in [-0.2, -0.15) is 5.26 Å².